The molecule has 3 aromatic carbocycles. The van der Waals surface area contributed by atoms with Gasteiger partial charge in [0.05, 0.1) is 0 Å². The number of nitrogens with one attached hydrogen (secondary N) is 2. The second-order valence-corrected chi connectivity index (χ2v) is 7.14. The summed E-state index contributed by atoms with van der Waals surface area (Å²) >= 11 is 0. The zero-order valence-corrected chi connectivity index (χ0v) is 16.6. The molecule has 2 N–H and O–H groups in total. The highest BCUT2D eigenvalue weighted by Gasteiger charge is 2.22. The molecule has 0 saturated carbocycles. The van der Waals surface area contributed by atoms with Crippen LogP contribution in [-0.4, -0.2) is 43.0 Å². The fourth-order valence-corrected chi connectivity index (χ4v) is 3.50. The molecule has 0 spiro atoms. The van der Waals surface area contributed by atoms with E-state index in [9.17, 15) is 9.59 Å². The van der Waals surface area contributed by atoms with Crippen LogP contribution in [0.1, 0.15) is 10.4 Å². The molecule has 3 aromatic rings. The van der Waals surface area contributed by atoms with Gasteiger partial charge in [-0.05, 0) is 48.5 Å². The van der Waals surface area contributed by atoms with E-state index in [1.165, 1.54) is 0 Å². The van der Waals surface area contributed by atoms with Gasteiger partial charge < -0.3 is 20.4 Å². The maximum absolute atomic E-state index is 12.6. The van der Waals surface area contributed by atoms with Crippen LogP contribution in [0, 0.1) is 0 Å². The standard InChI is InChI=1S/C24H24N4O2/c29-23(19-7-3-1-4-8-19)28-17-15-27(16-18-28)22-13-11-21(12-14-22)26-24(30)25-20-9-5-2-6-10-20/h1-14H,15-18H2,(H2,25,26,30). The van der Waals surface area contributed by atoms with E-state index in [4.69, 9.17) is 0 Å². The molecule has 152 valence electrons. The van der Waals surface area contributed by atoms with Crippen molar-refractivity contribution in [2.75, 3.05) is 41.7 Å². The average Bonchev–Trinajstić information content (AvgIpc) is 2.80. The summed E-state index contributed by atoms with van der Waals surface area (Å²) in [6.07, 6.45) is 0. The molecule has 6 nitrogen and oxygen atoms in total. The third-order valence-corrected chi connectivity index (χ3v) is 5.11. The number of benzene rings is 3. The molecule has 0 bridgehead atoms. The Morgan fingerprint density at radius 1 is 0.633 bits per heavy atom. The zero-order chi connectivity index (χ0) is 20.8. The molecule has 0 unspecified atom stereocenters. The Bertz CT molecular complexity index is 983. The van der Waals surface area contributed by atoms with Crippen LogP contribution >= 0.6 is 0 Å². The van der Waals surface area contributed by atoms with Crippen LogP contribution in [0.4, 0.5) is 21.9 Å². The monoisotopic (exact) mass is 400 g/mol. The minimum Gasteiger partial charge on any atom is -0.368 e. The minimum absolute atomic E-state index is 0.0826. The molecule has 0 radical (unpaired) electrons. The van der Waals surface area contributed by atoms with Gasteiger partial charge in [0.15, 0.2) is 0 Å². The van der Waals surface area contributed by atoms with Crippen LogP contribution in [0.25, 0.3) is 0 Å². The van der Waals surface area contributed by atoms with Crippen LogP contribution in [-0.2, 0) is 0 Å². The fourth-order valence-electron chi connectivity index (χ4n) is 3.50. The van der Waals surface area contributed by atoms with Gasteiger partial charge in [0.1, 0.15) is 0 Å². The lowest BCUT2D eigenvalue weighted by Crippen LogP contribution is -2.48. The number of rotatable bonds is 4. The van der Waals surface area contributed by atoms with Crippen molar-refractivity contribution >= 4 is 29.0 Å². The van der Waals surface area contributed by atoms with Gasteiger partial charge in [-0.15, -0.1) is 0 Å². The number of piperazine rings is 1. The Hall–Kier alpha value is -3.80. The van der Waals surface area contributed by atoms with Gasteiger partial charge in [-0.2, -0.15) is 0 Å². The number of urea groups is 1. The molecule has 0 aliphatic carbocycles. The van der Waals surface area contributed by atoms with Crippen LogP contribution in [0.2, 0.25) is 0 Å². The predicted octanol–water partition coefficient (Wildman–Crippen LogP) is 4.29. The van der Waals surface area contributed by atoms with Crippen molar-refractivity contribution in [1.82, 2.24) is 4.90 Å². The number of para-hydroxylation sites is 1. The first-order valence-electron chi connectivity index (χ1n) is 10.0. The summed E-state index contributed by atoms with van der Waals surface area (Å²) in [5, 5.41) is 5.64. The maximum atomic E-state index is 12.6. The summed E-state index contributed by atoms with van der Waals surface area (Å²) in [7, 11) is 0. The first-order valence-corrected chi connectivity index (χ1v) is 10.0. The van der Waals surface area contributed by atoms with E-state index in [0.717, 1.165) is 35.7 Å². The third-order valence-electron chi connectivity index (χ3n) is 5.11. The van der Waals surface area contributed by atoms with Gasteiger partial charge in [0.25, 0.3) is 5.91 Å². The van der Waals surface area contributed by atoms with Crippen molar-refractivity contribution in [2.24, 2.45) is 0 Å². The molecule has 1 aliphatic rings. The number of hydrogen-bond donors (Lipinski definition) is 2. The van der Waals surface area contributed by atoms with E-state index < -0.39 is 0 Å². The Kier molecular flexibility index (Phi) is 5.94. The highest BCUT2D eigenvalue weighted by atomic mass is 16.2. The molecule has 30 heavy (non-hydrogen) atoms. The van der Waals surface area contributed by atoms with Gasteiger partial charge in [0, 0.05) is 48.8 Å². The van der Waals surface area contributed by atoms with Gasteiger partial charge in [-0.1, -0.05) is 36.4 Å². The minimum atomic E-state index is -0.276. The Labute approximate surface area is 176 Å². The van der Waals surface area contributed by atoms with Crippen LogP contribution in [0.3, 0.4) is 0 Å². The highest BCUT2D eigenvalue weighted by molar-refractivity contribution is 5.99. The SMILES string of the molecule is O=C(Nc1ccccc1)Nc1ccc(N2CCN(C(=O)c3ccccc3)CC2)cc1. The molecule has 6 heteroatoms. The lowest BCUT2D eigenvalue weighted by atomic mass is 10.1. The largest absolute Gasteiger partial charge is 0.368 e. The Morgan fingerprint density at radius 2 is 1.17 bits per heavy atom. The van der Waals surface area contributed by atoms with Gasteiger partial charge in [-0.3, -0.25) is 4.79 Å². The molecule has 1 saturated heterocycles. The molecule has 1 aliphatic heterocycles. The first-order chi connectivity index (χ1) is 14.7. The lowest BCUT2D eigenvalue weighted by molar-refractivity contribution is 0.0747. The number of amides is 3. The molecule has 0 aromatic heterocycles. The number of hydrogen-bond acceptors (Lipinski definition) is 3. The van der Waals surface area contributed by atoms with E-state index in [-0.39, 0.29) is 11.9 Å². The molecule has 1 heterocycles. The van der Waals surface area contributed by atoms with Crippen molar-refractivity contribution in [3.63, 3.8) is 0 Å². The molecule has 1 fully saturated rings. The fraction of sp³-hybridized carbons (Fsp3) is 0.167. The predicted molar refractivity (Wildman–Crippen MR) is 120 cm³/mol. The van der Waals surface area contributed by atoms with E-state index in [0.29, 0.717) is 13.1 Å². The van der Waals surface area contributed by atoms with Crippen molar-refractivity contribution in [1.29, 1.82) is 0 Å². The number of nitrogens with zero attached hydrogens (tertiary/aromatic N) is 2. The molecule has 4 rings (SSSR count). The summed E-state index contributed by atoms with van der Waals surface area (Å²) < 4.78 is 0. The highest BCUT2D eigenvalue weighted by Crippen LogP contribution is 2.20. The molecular weight excluding hydrogens is 376 g/mol. The van der Waals surface area contributed by atoms with E-state index >= 15 is 0 Å². The third kappa shape index (κ3) is 4.78. The topological polar surface area (TPSA) is 64.7 Å². The second kappa shape index (κ2) is 9.13. The van der Waals surface area contributed by atoms with Crippen LogP contribution in [0.5, 0.6) is 0 Å². The number of carbonyl (C=O) groups excluding carboxylic acids is 2. The number of carbonyl (C=O) groups is 2. The molecule has 3 amide bonds. The maximum Gasteiger partial charge on any atom is 0.323 e. The summed E-state index contributed by atoms with van der Waals surface area (Å²) in [4.78, 5) is 28.8. The van der Waals surface area contributed by atoms with Gasteiger partial charge in [-0.25, -0.2) is 4.79 Å². The van der Waals surface area contributed by atoms with Gasteiger partial charge >= 0.3 is 6.03 Å². The first kappa shape index (κ1) is 19.5. The van der Waals surface area contributed by atoms with Crippen molar-refractivity contribution in [2.45, 2.75) is 0 Å². The Balaban J connectivity index is 1.29. The number of anilines is 3. The summed E-state index contributed by atoms with van der Waals surface area (Å²) in [6.45, 7) is 2.93. The quantitative estimate of drug-likeness (QED) is 0.687. The summed E-state index contributed by atoms with van der Waals surface area (Å²) in [5.41, 5.74) is 3.28. The van der Waals surface area contributed by atoms with E-state index in [1.807, 2.05) is 89.8 Å². The summed E-state index contributed by atoms with van der Waals surface area (Å²) in [6, 6.07) is 26.2. The van der Waals surface area contributed by atoms with Crippen LogP contribution in [0.15, 0.2) is 84.9 Å². The summed E-state index contributed by atoms with van der Waals surface area (Å²) in [5.74, 6) is 0.0826. The lowest BCUT2D eigenvalue weighted by Gasteiger charge is -2.36. The van der Waals surface area contributed by atoms with Crippen molar-refractivity contribution in [3.05, 3.63) is 90.5 Å². The van der Waals surface area contributed by atoms with Crippen molar-refractivity contribution < 1.29 is 9.59 Å². The van der Waals surface area contributed by atoms with E-state index in [1.54, 1.807) is 0 Å². The van der Waals surface area contributed by atoms with Gasteiger partial charge in [0.2, 0.25) is 0 Å². The normalized spacial score (nSPS) is 13.6. The Morgan fingerprint density at radius 3 is 1.77 bits per heavy atom. The van der Waals surface area contributed by atoms with E-state index in [2.05, 4.69) is 15.5 Å². The zero-order valence-electron chi connectivity index (χ0n) is 16.6. The van der Waals surface area contributed by atoms with Crippen LogP contribution < -0.4 is 15.5 Å². The average molecular weight is 400 g/mol. The molecular formula is C24H24N4O2. The smallest absolute Gasteiger partial charge is 0.323 e. The second-order valence-electron chi connectivity index (χ2n) is 7.14. The van der Waals surface area contributed by atoms with Crippen molar-refractivity contribution in [3.8, 4) is 0 Å². The molecule has 0 atom stereocenters.